The fourth-order valence-electron chi connectivity index (χ4n) is 2.62. The van der Waals surface area contributed by atoms with Gasteiger partial charge in [0.2, 0.25) is 0 Å². The number of phosphoric ester groups is 1. The second kappa shape index (κ2) is 17.5. The molecule has 4 nitrogen and oxygen atoms in total. The summed E-state index contributed by atoms with van der Waals surface area (Å²) in [5.74, 6) is 0.431. The summed E-state index contributed by atoms with van der Waals surface area (Å²) in [5.41, 5.74) is 0. The molecule has 0 fully saturated rings. The first-order chi connectivity index (χ1) is 12.1. The zero-order chi connectivity index (χ0) is 18.8. The minimum absolute atomic E-state index is 0.431. The second-order valence-corrected chi connectivity index (χ2v) is 8.62. The third kappa shape index (κ3) is 14.9. The van der Waals surface area contributed by atoms with E-state index < -0.39 is 7.82 Å². The van der Waals surface area contributed by atoms with Gasteiger partial charge in [0, 0.05) is 0 Å². The van der Waals surface area contributed by atoms with Gasteiger partial charge in [-0.15, -0.1) is 0 Å². The summed E-state index contributed by atoms with van der Waals surface area (Å²) in [7, 11) is -3.42. The Kier molecular flexibility index (Phi) is 17.6. The number of rotatable bonds is 19. The van der Waals surface area contributed by atoms with Crippen LogP contribution in [0.4, 0.5) is 0 Å². The highest BCUT2D eigenvalue weighted by Crippen LogP contribution is 2.50. The van der Waals surface area contributed by atoms with Gasteiger partial charge < -0.3 is 0 Å². The highest BCUT2D eigenvalue weighted by Gasteiger charge is 2.27. The molecule has 0 spiro atoms. The summed E-state index contributed by atoms with van der Waals surface area (Å²) in [6, 6.07) is 0. The molecular formula is C20H43O4P. The molecular weight excluding hydrogens is 335 g/mol. The van der Waals surface area contributed by atoms with Crippen LogP contribution in [0.3, 0.4) is 0 Å². The molecule has 0 saturated heterocycles. The lowest BCUT2D eigenvalue weighted by Gasteiger charge is -2.21. The lowest BCUT2D eigenvalue weighted by molar-refractivity contribution is 0.0947. The Hall–Kier alpha value is 0.110. The van der Waals surface area contributed by atoms with Crippen LogP contribution in [-0.4, -0.2) is 19.8 Å². The Balaban J connectivity index is 4.34. The first-order valence-corrected chi connectivity index (χ1v) is 12.1. The van der Waals surface area contributed by atoms with E-state index in [0.29, 0.717) is 25.7 Å². The van der Waals surface area contributed by atoms with Gasteiger partial charge in [-0.3, -0.25) is 13.6 Å². The molecule has 5 heteroatoms. The lowest BCUT2D eigenvalue weighted by atomic mass is 10.0. The molecule has 0 aromatic heterocycles. The Morgan fingerprint density at radius 1 is 0.680 bits per heavy atom. The van der Waals surface area contributed by atoms with E-state index in [4.69, 9.17) is 13.6 Å². The van der Waals surface area contributed by atoms with Crippen molar-refractivity contribution >= 4 is 7.82 Å². The van der Waals surface area contributed by atoms with Crippen molar-refractivity contribution < 1.29 is 18.1 Å². The van der Waals surface area contributed by atoms with Gasteiger partial charge in [0.25, 0.3) is 0 Å². The minimum Gasteiger partial charge on any atom is -0.287 e. The van der Waals surface area contributed by atoms with Gasteiger partial charge in [0.1, 0.15) is 0 Å². The topological polar surface area (TPSA) is 44.8 Å². The van der Waals surface area contributed by atoms with E-state index in [1.54, 1.807) is 0 Å². The van der Waals surface area contributed by atoms with E-state index in [9.17, 15) is 4.57 Å². The summed E-state index contributed by atoms with van der Waals surface area (Å²) in [6.45, 7) is 10.1. The van der Waals surface area contributed by atoms with Crippen LogP contribution < -0.4 is 0 Å². The molecule has 0 saturated carbocycles. The van der Waals surface area contributed by atoms with Gasteiger partial charge >= 0.3 is 7.82 Å². The monoisotopic (exact) mass is 378 g/mol. The van der Waals surface area contributed by atoms with Crippen molar-refractivity contribution in [1.82, 2.24) is 0 Å². The quantitative estimate of drug-likeness (QED) is 0.172. The van der Waals surface area contributed by atoms with Crippen LogP contribution in [0.25, 0.3) is 0 Å². The summed E-state index contributed by atoms with van der Waals surface area (Å²) in [6.07, 6.45) is 13.2. The molecule has 152 valence electrons. The van der Waals surface area contributed by atoms with E-state index in [1.807, 2.05) is 0 Å². The van der Waals surface area contributed by atoms with Gasteiger partial charge in [-0.25, -0.2) is 4.57 Å². The Morgan fingerprint density at radius 3 is 1.64 bits per heavy atom. The maximum Gasteiger partial charge on any atom is 0.474 e. The molecule has 1 atom stereocenters. The number of phosphoric acid groups is 1. The third-order valence-electron chi connectivity index (χ3n) is 4.51. The van der Waals surface area contributed by atoms with Crippen LogP contribution in [0.5, 0.6) is 0 Å². The van der Waals surface area contributed by atoms with Gasteiger partial charge in [0.15, 0.2) is 0 Å². The number of hydrogen-bond acceptors (Lipinski definition) is 4. The van der Waals surface area contributed by atoms with Crippen LogP contribution in [0.1, 0.15) is 105 Å². The molecule has 25 heavy (non-hydrogen) atoms. The maximum atomic E-state index is 12.9. The lowest BCUT2D eigenvalue weighted by Crippen LogP contribution is -2.11. The SMILES string of the molecule is CCCCCCOP(=O)(OCCCCCC)OCC(CC)CCCC. The molecule has 0 aliphatic heterocycles. The molecule has 1 unspecified atom stereocenters. The standard InChI is InChI=1S/C20H43O4P/c1-5-9-12-14-17-22-25(21,23-18-15-13-10-6-2)24-19-20(8-4)16-11-7-3/h20H,5-19H2,1-4H3. The molecule has 0 aromatic carbocycles. The largest absolute Gasteiger partial charge is 0.474 e. The van der Waals surface area contributed by atoms with E-state index >= 15 is 0 Å². The van der Waals surface area contributed by atoms with Gasteiger partial charge in [0.05, 0.1) is 19.8 Å². The smallest absolute Gasteiger partial charge is 0.287 e. The van der Waals surface area contributed by atoms with E-state index in [0.717, 1.165) is 38.5 Å². The van der Waals surface area contributed by atoms with Crippen LogP contribution >= 0.6 is 7.82 Å². The molecule has 0 N–H and O–H groups in total. The van der Waals surface area contributed by atoms with Gasteiger partial charge in [-0.05, 0) is 25.2 Å². The molecule has 0 aromatic rings. The summed E-state index contributed by atoms with van der Waals surface area (Å²) in [4.78, 5) is 0. The van der Waals surface area contributed by atoms with Gasteiger partial charge in [-0.2, -0.15) is 0 Å². The molecule has 0 bridgehead atoms. The third-order valence-corrected chi connectivity index (χ3v) is 5.97. The Bertz CT molecular complexity index is 305. The maximum absolute atomic E-state index is 12.9. The Labute approximate surface area is 157 Å². The first-order valence-electron chi connectivity index (χ1n) is 10.6. The van der Waals surface area contributed by atoms with Crippen LogP contribution in [0, 0.1) is 5.92 Å². The predicted molar refractivity (Wildman–Crippen MR) is 107 cm³/mol. The van der Waals surface area contributed by atoms with Crippen molar-refractivity contribution in [2.24, 2.45) is 5.92 Å². The molecule has 0 aliphatic carbocycles. The average Bonchev–Trinajstić information content (AvgIpc) is 2.62. The van der Waals surface area contributed by atoms with E-state index in [2.05, 4.69) is 27.7 Å². The molecule has 0 radical (unpaired) electrons. The highest BCUT2D eigenvalue weighted by molar-refractivity contribution is 7.48. The van der Waals surface area contributed by atoms with E-state index in [-0.39, 0.29) is 0 Å². The number of hydrogen-bond donors (Lipinski definition) is 0. The average molecular weight is 379 g/mol. The fourth-order valence-corrected chi connectivity index (χ4v) is 3.94. The molecule has 0 rings (SSSR count). The van der Waals surface area contributed by atoms with Crippen LogP contribution in [-0.2, 0) is 18.1 Å². The van der Waals surface area contributed by atoms with Crippen molar-refractivity contribution in [3.8, 4) is 0 Å². The van der Waals surface area contributed by atoms with Crippen molar-refractivity contribution in [3.63, 3.8) is 0 Å². The summed E-state index contributed by atoms with van der Waals surface area (Å²) < 4.78 is 29.8. The molecule has 0 aliphatic rings. The normalized spacial score (nSPS) is 13.3. The Morgan fingerprint density at radius 2 is 1.20 bits per heavy atom. The zero-order valence-corrected chi connectivity index (χ0v) is 18.2. The first kappa shape index (κ1) is 25.1. The van der Waals surface area contributed by atoms with Crippen LogP contribution in [0.2, 0.25) is 0 Å². The van der Waals surface area contributed by atoms with Crippen LogP contribution in [0.15, 0.2) is 0 Å². The minimum atomic E-state index is -3.42. The second-order valence-electron chi connectivity index (χ2n) is 6.95. The summed E-state index contributed by atoms with van der Waals surface area (Å²) >= 11 is 0. The predicted octanol–water partition coefficient (Wildman–Crippen LogP) is 7.52. The van der Waals surface area contributed by atoms with Gasteiger partial charge in [-0.1, -0.05) is 85.5 Å². The molecule has 0 heterocycles. The summed E-state index contributed by atoms with van der Waals surface area (Å²) in [5, 5.41) is 0. The number of unbranched alkanes of at least 4 members (excludes halogenated alkanes) is 7. The van der Waals surface area contributed by atoms with E-state index in [1.165, 1.54) is 38.5 Å². The van der Waals surface area contributed by atoms with Crippen molar-refractivity contribution in [2.45, 2.75) is 105 Å². The van der Waals surface area contributed by atoms with Crippen molar-refractivity contribution in [2.75, 3.05) is 19.8 Å². The zero-order valence-electron chi connectivity index (χ0n) is 17.3. The fraction of sp³-hybridized carbons (Fsp3) is 1.00. The van der Waals surface area contributed by atoms with Crippen molar-refractivity contribution in [3.05, 3.63) is 0 Å². The molecule has 0 amide bonds. The van der Waals surface area contributed by atoms with Crippen molar-refractivity contribution in [1.29, 1.82) is 0 Å². The highest BCUT2D eigenvalue weighted by atomic mass is 31.2.